The van der Waals surface area contributed by atoms with Crippen LogP contribution < -0.4 is 0 Å². The molecule has 0 spiro atoms. The quantitative estimate of drug-likeness (QED) is 0.192. The molecule has 51 heavy (non-hydrogen) atoms. The van der Waals surface area contributed by atoms with Crippen molar-refractivity contribution in [2.75, 3.05) is 0 Å². The molecule has 0 amide bonds. The Morgan fingerprint density at radius 1 is 0.569 bits per heavy atom. The predicted octanol–water partition coefficient (Wildman–Crippen LogP) is 13.1. The Morgan fingerprint density at radius 2 is 0.882 bits per heavy atom. The van der Waals surface area contributed by atoms with Gasteiger partial charge in [-0.05, 0) is 90.4 Å². The maximum Gasteiger partial charge on any atom is 0.334 e. The molecule has 0 saturated heterocycles. The van der Waals surface area contributed by atoms with Crippen molar-refractivity contribution in [3.05, 3.63) is 34.9 Å². The number of hydrogen-bond donors (Lipinski definition) is 2. The molecule has 6 nitrogen and oxygen atoms in total. The Hall–Kier alpha value is -2.37. The summed E-state index contributed by atoms with van der Waals surface area (Å²) in [5.74, 6) is -0.688. The van der Waals surface area contributed by atoms with Crippen LogP contribution in [-0.4, -0.2) is 33.7 Å². The van der Waals surface area contributed by atoms with E-state index in [0.29, 0.717) is 17.8 Å². The minimum absolute atomic E-state index is 0.185. The number of hydrogen-bond acceptors (Lipinski definition) is 4. The van der Waals surface area contributed by atoms with Gasteiger partial charge >= 0.3 is 17.9 Å². The van der Waals surface area contributed by atoms with Crippen molar-refractivity contribution >= 4 is 17.9 Å². The van der Waals surface area contributed by atoms with Gasteiger partial charge in [-0.15, -0.1) is 0 Å². The summed E-state index contributed by atoms with van der Waals surface area (Å²) in [6.07, 6.45) is 36.9. The normalized spacial score (nSPS) is 20.8. The number of aliphatic carboxylic acids is 2. The zero-order valence-electron chi connectivity index (χ0n) is 33.3. The monoisotopic (exact) mass is 713 g/mol. The van der Waals surface area contributed by atoms with Crippen molar-refractivity contribution in [3.8, 4) is 0 Å². The Kier molecular flexibility index (Phi) is 22.5. The van der Waals surface area contributed by atoms with Crippen LogP contribution in [0.5, 0.6) is 0 Å². The summed E-state index contributed by atoms with van der Waals surface area (Å²) in [4.78, 5) is 35.1. The fourth-order valence-electron chi connectivity index (χ4n) is 8.44. The van der Waals surface area contributed by atoms with Gasteiger partial charge in [-0.25, -0.2) is 14.4 Å². The molecule has 0 aliphatic heterocycles. The van der Waals surface area contributed by atoms with Gasteiger partial charge in [-0.1, -0.05) is 153 Å². The third-order valence-electron chi connectivity index (χ3n) is 11.3. The highest BCUT2D eigenvalue weighted by Crippen LogP contribution is 2.42. The molecule has 0 aromatic heterocycles. The Morgan fingerprint density at radius 3 is 1.18 bits per heavy atom. The van der Waals surface area contributed by atoms with Gasteiger partial charge in [-0.3, -0.25) is 0 Å². The van der Waals surface area contributed by atoms with Crippen LogP contribution in [0.15, 0.2) is 34.9 Å². The Labute approximate surface area is 312 Å². The lowest BCUT2D eigenvalue weighted by Gasteiger charge is -2.34. The smallest absolute Gasteiger partial charge is 0.334 e. The molecule has 0 unspecified atom stereocenters. The second-order valence-corrected chi connectivity index (χ2v) is 16.9. The predicted molar refractivity (Wildman–Crippen MR) is 211 cm³/mol. The number of carboxylic acid groups (broad SMARTS) is 2. The van der Waals surface area contributed by atoms with E-state index < -0.39 is 23.5 Å². The van der Waals surface area contributed by atoms with E-state index in [1.807, 2.05) is 0 Å². The zero-order valence-corrected chi connectivity index (χ0v) is 33.3. The fourth-order valence-corrected chi connectivity index (χ4v) is 8.44. The maximum atomic E-state index is 13.2. The van der Waals surface area contributed by atoms with Gasteiger partial charge in [0.05, 0.1) is 0 Å². The fraction of sp³-hybridized carbons (Fsp3) is 0.800. The summed E-state index contributed by atoms with van der Waals surface area (Å²) in [7, 11) is 0. The molecule has 0 radical (unpaired) electrons. The zero-order chi connectivity index (χ0) is 37.5. The van der Waals surface area contributed by atoms with E-state index in [-0.39, 0.29) is 17.6 Å². The molecule has 292 valence electrons. The average Bonchev–Trinajstić information content (AvgIpc) is 3.09. The van der Waals surface area contributed by atoms with Gasteiger partial charge in [-0.2, -0.15) is 0 Å². The number of carbonyl (C=O) groups is 3. The highest BCUT2D eigenvalue weighted by atomic mass is 16.6. The number of rotatable bonds is 8. The first-order chi connectivity index (χ1) is 24.4. The topological polar surface area (TPSA) is 101 Å². The molecule has 3 aliphatic rings. The summed E-state index contributed by atoms with van der Waals surface area (Å²) in [6.45, 7) is 10.3. The number of allylic oxidation sites excluding steroid dienone is 2. The number of carbonyl (C=O) groups excluding carboxylic acids is 1. The van der Waals surface area contributed by atoms with Crippen LogP contribution in [0, 0.1) is 17.8 Å². The molecular weight excluding hydrogens is 636 g/mol. The standard InChI is InChI=1S/C33H58O2.C12H18O4/c34-33(35)32(30-26-20-14-8-3-9-15-21-27-30)31(28-22-16-10-4-1-5-11-17-23-28)29-24-18-12-6-2-7-13-19-25-29;1-8(10(13)14)6-7-9(2)11(15)16-12(3,4)5/h28-30H,1-27H2,(H,34,35);6H,2,7H2,1,3-5H3,(H,13,14). The SMILES string of the molecule is C=C(CC=C(C)C(=O)O)C(=O)OC(C)(C)C.O=C(O)C(=C(C1CCCCCCCCC1)C1CCCCCCCCC1)C1CCCCCCCCC1. The van der Waals surface area contributed by atoms with E-state index in [0.717, 1.165) is 18.4 Å². The highest BCUT2D eigenvalue weighted by Gasteiger charge is 2.32. The van der Waals surface area contributed by atoms with Crippen LogP contribution in [-0.2, 0) is 19.1 Å². The van der Waals surface area contributed by atoms with Gasteiger partial charge < -0.3 is 14.9 Å². The summed E-state index contributed by atoms with van der Waals surface area (Å²) < 4.78 is 5.08. The third kappa shape index (κ3) is 19.3. The number of esters is 1. The first-order valence-corrected chi connectivity index (χ1v) is 21.2. The van der Waals surface area contributed by atoms with Crippen molar-refractivity contribution in [1.82, 2.24) is 0 Å². The Balaban J connectivity index is 0.000000475. The summed E-state index contributed by atoms with van der Waals surface area (Å²) in [5.41, 5.74) is 2.29. The molecule has 0 aromatic carbocycles. The first kappa shape index (κ1) is 44.8. The van der Waals surface area contributed by atoms with Gasteiger partial charge in [0.1, 0.15) is 5.60 Å². The summed E-state index contributed by atoms with van der Waals surface area (Å²) in [5, 5.41) is 19.4. The number of carboxylic acids is 2. The van der Waals surface area contributed by atoms with Crippen LogP contribution in [0.4, 0.5) is 0 Å². The lowest BCUT2D eigenvalue weighted by molar-refractivity contribution is -0.150. The molecule has 0 aromatic rings. The van der Waals surface area contributed by atoms with Crippen molar-refractivity contribution in [1.29, 1.82) is 0 Å². The number of ether oxygens (including phenoxy) is 1. The van der Waals surface area contributed by atoms with Crippen LogP contribution in [0.2, 0.25) is 0 Å². The van der Waals surface area contributed by atoms with Crippen LogP contribution in [0.1, 0.15) is 207 Å². The minimum Gasteiger partial charge on any atom is -0.478 e. The van der Waals surface area contributed by atoms with E-state index in [1.165, 1.54) is 179 Å². The lowest BCUT2D eigenvalue weighted by atomic mass is 9.71. The summed E-state index contributed by atoms with van der Waals surface area (Å²) >= 11 is 0. The minimum atomic E-state index is -1.00. The molecular formula is C45H76O6. The molecule has 3 saturated carbocycles. The van der Waals surface area contributed by atoms with E-state index in [9.17, 15) is 19.5 Å². The second kappa shape index (κ2) is 25.6. The molecule has 0 bridgehead atoms. The molecule has 6 heteroatoms. The first-order valence-electron chi connectivity index (χ1n) is 21.2. The van der Waals surface area contributed by atoms with E-state index >= 15 is 0 Å². The van der Waals surface area contributed by atoms with Crippen molar-refractivity contribution in [2.24, 2.45) is 17.8 Å². The van der Waals surface area contributed by atoms with Crippen molar-refractivity contribution < 1.29 is 29.3 Å². The van der Waals surface area contributed by atoms with Crippen molar-refractivity contribution in [2.45, 2.75) is 213 Å². The lowest BCUT2D eigenvalue weighted by Crippen LogP contribution is -2.25. The van der Waals surface area contributed by atoms with Gasteiger partial charge in [0.25, 0.3) is 0 Å². The van der Waals surface area contributed by atoms with Gasteiger partial charge in [0, 0.05) is 16.7 Å². The maximum absolute atomic E-state index is 13.2. The molecule has 3 rings (SSSR count). The van der Waals surface area contributed by atoms with Crippen LogP contribution in [0.25, 0.3) is 0 Å². The van der Waals surface area contributed by atoms with Crippen LogP contribution >= 0.6 is 0 Å². The molecule has 0 atom stereocenters. The van der Waals surface area contributed by atoms with Crippen LogP contribution in [0.3, 0.4) is 0 Å². The van der Waals surface area contributed by atoms with Gasteiger partial charge in [0.15, 0.2) is 0 Å². The largest absolute Gasteiger partial charge is 0.478 e. The van der Waals surface area contributed by atoms with Crippen molar-refractivity contribution in [3.63, 3.8) is 0 Å². The molecule has 3 aliphatic carbocycles. The summed E-state index contributed by atoms with van der Waals surface area (Å²) in [6, 6.07) is 0. The molecule has 0 heterocycles. The molecule has 3 fully saturated rings. The van der Waals surface area contributed by atoms with E-state index in [2.05, 4.69) is 6.58 Å². The second-order valence-electron chi connectivity index (χ2n) is 16.9. The highest BCUT2D eigenvalue weighted by molar-refractivity contribution is 5.90. The van der Waals surface area contributed by atoms with E-state index in [1.54, 1.807) is 20.8 Å². The Bertz CT molecular complexity index is 1050. The molecule has 2 N–H and O–H groups in total. The third-order valence-corrected chi connectivity index (χ3v) is 11.3. The van der Waals surface area contributed by atoms with E-state index in [4.69, 9.17) is 9.84 Å². The average molecular weight is 713 g/mol. The van der Waals surface area contributed by atoms with Gasteiger partial charge in [0.2, 0.25) is 0 Å².